The van der Waals surface area contributed by atoms with E-state index < -0.39 is 28.4 Å². The molecule has 0 spiro atoms. The molecule has 6 rings (SSSR count). The summed E-state index contributed by atoms with van der Waals surface area (Å²) in [5.74, 6) is -1.94. The molecule has 10 nitrogen and oxygen atoms in total. The van der Waals surface area contributed by atoms with Gasteiger partial charge < -0.3 is 23.8 Å². The Labute approximate surface area is 257 Å². The first-order chi connectivity index (χ1) is 21.8. The summed E-state index contributed by atoms with van der Waals surface area (Å²) in [6.45, 7) is 4.78. The molecular weight excluding hydrogens is 579 g/mol. The molecule has 2 aromatic heterocycles. The van der Waals surface area contributed by atoms with Crippen molar-refractivity contribution in [1.82, 2.24) is 9.47 Å². The Balaban J connectivity index is 1.24. The first-order valence-corrected chi connectivity index (χ1v) is 14.7. The fraction of sp³-hybridized carbons (Fsp3) is 0.235. The van der Waals surface area contributed by atoms with Gasteiger partial charge in [-0.2, -0.15) is 0 Å². The molecule has 1 N–H and O–H groups in total. The van der Waals surface area contributed by atoms with Crippen LogP contribution in [-0.2, 0) is 18.0 Å². The number of carboxylic acids is 1. The molecule has 0 aliphatic carbocycles. The highest BCUT2D eigenvalue weighted by Crippen LogP contribution is 2.26. The van der Waals surface area contributed by atoms with Gasteiger partial charge in [0.25, 0.3) is 0 Å². The number of aromatic nitrogens is 1. The first kappa shape index (κ1) is 29.8. The van der Waals surface area contributed by atoms with Crippen molar-refractivity contribution in [2.24, 2.45) is 5.16 Å². The van der Waals surface area contributed by atoms with E-state index in [1.165, 1.54) is 6.20 Å². The fourth-order valence-corrected chi connectivity index (χ4v) is 5.60. The third kappa shape index (κ3) is 6.20. The molecule has 0 bridgehead atoms. The van der Waals surface area contributed by atoms with E-state index in [0.29, 0.717) is 67.3 Å². The Hall–Kier alpha value is -5.29. The van der Waals surface area contributed by atoms with Gasteiger partial charge in [-0.25, -0.2) is 14.0 Å². The number of piperazine rings is 1. The minimum Gasteiger partial charge on any atom is -0.477 e. The zero-order valence-electron chi connectivity index (χ0n) is 24.6. The van der Waals surface area contributed by atoms with Crippen LogP contribution in [0, 0.1) is 5.82 Å². The maximum absolute atomic E-state index is 15.4. The Morgan fingerprint density at radius 2 is 1.71 bits per heavy atom. The van der Waals surface area contributed by atoms with Crippen LogP contribution in [0.4, 0.5) is 10.1 Å². The zero-order valence-corrected chi connectivity index (χ0v) is 24.6. The maximum Gasteiger partial charge on any atom is 0.345 e. The monoisotopic (exact) mass is 610 g/mol. The summed E-state index contributed by atoms with van der Waals surface area (Å²) in [5.41, 5.74) is 1.34. The molecule has 3 aromatic carbocycles. The SMILES string of the molecule is CCn1cc(C(=O)O)c(=O)c2cc(F)c(N3CCN(C/C(=N/OCc4ccccc4)c4cc5ccccc5oc4=O)CC3)cc21. The van der Waals surface area contributed by atoms with Gasteiger partial charge in [0.05, 0.1) is 16.8 Å². The maximum atomic E-state index is 15.4. The topological polar surface area (TPSA) is 118 Å². The van der Waals surface area contributed by atoms with Crippen LogP contribution in [0.15, 0.2) is 98.2 Å². The summed E-state index contributed by atoms with van der Waals surface area (Å²) >= 11 is 0. The lowest BCUT2D eigenvalue weighted by Gasteiger charge is -2.36. The van der Waals surface area contributed by atoms with Crippen molar-refractivity contribution in [1.29, 1.82) is 0 Å². The zero-order chi connectivity index (χ0) is 31.5. The first-order valence-electron chi connectivity index (χ1n) is 14.7. The molecule has 0 radical (unpaired) electrons. The number of rotatable bonds is 9. The molecule has 0 unspecified atom stereocenters. The number of hydrogen-bond acceptors (Lipinski definition) is 8. The van der Waals surface area contributed by atoms with Crippen molar-refractivity contribution in [3.8, 4) is 0 Å². The average Bonchev–Trinajstić information content (AvgIpc) is 3.05. The standard InChI is InChI=1S/C34H31FN4O6/c1-2-38-19-26(33(41)42)32(40)25-17-27(35)30(18-29(25)38)39-14-12-37(13-15-39)20-28(36-44-21-22-8-4-3-5-9-22)24-16-23-10-6-7-11-31(23)45-34(24)43/h3-11,16-19H,2,12-15,20-21H2,1H3,(H,41,42)/b36-28-. The van der Waals surface area contributed by atoms with Gasteiger partial charge in [0, 0.05) is 56.2 Å². The normalized spacial score (nSPS) is 14.3. The van der Waals surface area contributed by atoms with Gasteiger partial charge in [-0.15, -0.1) is 0 Å². The van der Waals surface area contributed by atoms with Gasteiger partial charge in [-0.3, -0.25) is 9.69 Å². The van der Waals surface area contributed by atoms with Crippen LogP contribution < -0.4 is 16.0 Å². The molecule has 1 aliphatic rings. The van der Waals surface area contributed by atoms with Gasteiger partial charge in [-0.1, -0.05) is 53.7 Å². The highest BCUT2D eigenvalue weighted by molar-refractivity contribution is 6.03. The number of anilines is 1. The van der Waals surface area contributed by atoms with Crippen molar-refractivity contribution < 1.29 is 23.5 Å². The number of oxime groups is 1. The molecule has 230 valence electrons. The largest absolute Gasteiger partial charge is 0.477 e. The third-order valence-electron chi connectivity index (χ3n) is 8.01. The highest BCUT2D eigenvalue weighted by atomic mass is 19.1. The minimum absolute atomic E-state index is 0.0298. The second kappa shape index (κ2) is 12.7. The molecule has 1 aliphatic heterocycles. The van der Waals surface area contributed by atoms with Crippen LogP contribution >= 0.6 is 0 Å². The number of nitrogens with zero attached hydrogens (tertiary/aromatic N) is 4. The van der Waals surface area contributed by atoms with Gasteiger partial charge in [0.15, 0.2) is 0 Å². The fourth-order valence-electron chi connectivity index (χ4n) is 5.60. The summed E-state index contributed by atoms with van der Waals surface area (Å²) in [6, 6.07) is 21.4. The van der Waals surface area contributed by atoms with Crippen LogP contribution in [0.5, 0.6) is 0 Å². The number of aromatic carboxylic acids is 1. The number of hydrogen-bond donors (Lipinski definition) is 1. The Bertz CT molecular complexity index is 2030. The summed E-state index contributed by atoms with van der Waals surface area (Å²) in [6.07, 6.45) is 1.30. The molecular formula is C34H31FN4O6. The lowest BCUT2D eigenvalue weighted by molar-refractivity contribution is 0.0695. The van der Waals surface area contributed by atoms with Crippen molar-refractivity contribution >= 4 is 39.2 Å². The number of para-hydroxylation sites is 1. The molecule has 0 saturated carbocycles. The number of halogens is 1. The average molecular weight is 611 g/mol. The molecule has 1 fully saturated rings. The van der Waals surface area contributed by atoms with Gasteiger partial charge in [-0.05, 0) is 36.8 Å². The van der Waals surface area contributed by atoms with Crippen LogP contribution in [0.2, 0.25) is 0 Å². The number of aryl methyl sites for hydroxylation is 1. The van der Waals surface area contributed by atoms with E-state index >= 15 is 4.39 Å². The smallest absolute Gasteiger partial charge is 0.345 e. The quantitative estimate of drug-likeness (QED) is 0.145. The number of benzene rings is 3. The van der Waals surface area contributed by atoms with E-state index in [-0.39, 0.29) is 12.0 Å². The number of carboxylic acid groups (broad SMARTS) is 1. The lowest BCUT2D eigenvalue weighted by atomic mass is 10.1. The van der Waals surface area contributed by atoms with Gasteiger partial charge in [0.2, 0.25) is 5.43 Å². The van der Waals surface area contributed by atoms with E-state index in [9.17, 15) is 19.5 Å². The van der Waals surface area contributed by atoms with E-state index in [4.69, 9.17) is 9.25 Å². The summed E-state index contributed by atoms with van der Waals surface area (Å²) < 4.78 is 22.6. The van der Waals surface area contributed by atoms with Crippen LogP contribution in [0.25, 0.3) is 21.9 Å². The van der Waals surface area contributed by atoms with Crippen molar-refractivity contribution in [2.45, 2.75) is 20.1 Å². The summed E-state index contributed by atoms with van der Waals surface area (Å²) in [4.78, 5) is 47.1. The molecule has 11 heteroatoms. The Morgan fingerprint density at radius 1 is 0.978 bits per heavy atom. The van der Waals surface area contributed by atoms with E-state index in [2.05, 4.69) is 10.1 Å². The predicted octanol–water partition coefficient (Wildman–Crippen LogP) is 4.71. The minimum atomic E-state index is -1.35. The molecule has 1 saturated heterocycles. The second-order valence-electron chi connectivity index (χ2n) is 10.8. The molecule has 3 heterocycles. The molecule has 0 atom stereocenters. The van der Waals surface area contributed by atoms with Crippen molar-refractivity contribution in [3.63, 3.8) is 0 Å². The van der Waals surface area contributed by atoms with E-state index in [1.807, 2.05) is 54.3 Å². The Morgan fingerprint density at radius 3 is 2.44 bits per heavy atom. The Kier molecular flexibility index (Phi) is 8.43. The highest BCUT2D eigenvalue weighted by Gasteiger charge is 2.25. The van der Waals surface area contributed by atoms with Crippen LogP contribution in [0.3, 0.4) is 0 Å². The van der Waals surface area contributed by atoms with E-state index in [0.717, 1.165) is 17.0 Å². The van der Waals surface area contributed by atoms with Crippen molar-refractivity contribution in [2.75, 3.05) is 37.6 Å². The van der Waals surface area contributed by atoms with Gasteiger partial charge >= 0.3 is 11.6 Å². The molecule has 5 aromatic rings. The number of pyridine rings is 1. The molecule has 0 amide bonds. The predicted molar refractivity (Wildman–Crippen MR) is 170 cm³/mol. The number of fused-ring (bicyclic) bond motifs is 2. The van der Waals surface area contributed by atoms with Gasteiger partial charge in [0.1, 0.15) is 29.3 Å². The number of carbonyl (C=O) groups is 1. The lowest BCUT2D eigenvalue weighted by Crippen LogP contribution is -2.48. The van der Waals surface area contributed by atoms with Crippen molar-refractivity contribution in [3.05, 3.63) is 122 Å². The summed E-state index contributed by atoms with van der Waals surface area (Å²) in [5, 5.41) is 14.6. The third-order valence-corrected chi connectivity index (χ3v) is 8.01. The second-order valence-corrected chi connectivity index (χ2v) is 10.8. The van der Waals surface area contributed by atoms with Crippen LogP contribution in [-0.4, -0.2) is 59.0 Å². The summed E-state index contributed by atoms with van der Waals surface area (Å²) in [7, 11) is 0. The van der Waals surface area contributed by atoms with E-state index in [1.54, 1.807) is 28.8 Å². The molecule has 45 heavy (non-hydrogen) atoms. The van der Waals surface area contributed by atoms with Crippen LogP contribution in [0.1, 0.15) is 28.4 Å².